The molecule has 166 valence electrons. The number of fused-ring (bicyclic) bond motifs is 1. The smallest absolute Gasteiger partial charge is 0.330 e. The van der Waals surface area contributed by atoms with E-state index in [9.17, 15) is 14.7 Å². The number of aliphatic carboxylic acids is 1. The van der Waals surface area contributed by atoms with Crippen molar-refractivity contribution in [1.29, 1.82) is 0 Å². The van der Waals surface area contributed by atoms with Crippen LogP contribution >= 0.6 is 11.3 Å². The zero-order valence-corrected chi connectivity index (χ0v) is 18.8. The second kappa shape index (κ2) is 9.29. The van der Waals surface area contributed by atoms with Gasteiger partial charge in [0.15, 0.2) is 6.04 Å². The molecule has 0 aliphatic heterocycles. The second-order valence-electron chi connectivity index (χ2n) is 7.84. The Hall–Kier alpha value is -4.29. The Morgan fingerprint density at radius 3 is 2.24 bits per heavy atom. The molecule has 0 aliphatic rings. The Morgan fingerprint density at radius 1 is 0.794 bits per heavy atom. The number of hydrogen-bond acceptors (Lipinski definition) is 4. The third-order valence-corrected chi connectivity index (χ3v) is 6.47. The SMILES string of the molecule is O=C(N[C@@H](C(=O)O)c1ccccc1)c1ccc2ccc(-c3nc(-c4ccccc4)cs3)cc2c1. The Labute approximate surface area is 200 Å². The molecular weight excluding hydrogens is 444 g/mol. The van der Waals surface area contributed by atoms with E-state index in [4.69, 9.17) is 4.98 Å². The van der Waals surface area contributed by atoms with Crippen LogP contribution in [0.4, 0.5) is 0 Å². The van der Waals surface area contributed by atoms with Crippen molar-refractivity contribution in [2.24, 2.45) is 0 Å². The summed E-state index contributed by atoms with van der Waals surface area (Å²) in [5, 5.41) is 17.1. The van der Waals surface area contributed by atoms with E-state index in [1.165, 1.54) is 0 Å². The Bertz CT molecular complexity index is 1480. The third kappa shape index (κ3) is 4.44. The highest BCUT2D eigenvalue weighted by molar-refractivity contribution is 7.13. The summed E-state index contributed by atoms with van der Waals surface area (Å²) < 4.78 is 0. The third-order valence-electron chi connectivity index (χ3n) is 5.58. The topological polar surface area (TPSA) is 79.3 Å². The van der Waals surface area contributed by atoms with Gasteiger partial charge in [-0.05, 0) is 34.5 Å². The van der Waals surface area contributed by atoms with Crippen molar-refractivity contribution in [2.45, 2.75) is 6.04 Å². The van der Waals surface area contributed by atoms with E-state index in [-0.39, 0.29) is 0 Å². The van der Waals surface area contributed by atoms with Crippen molar-refractivity contribution in [3.05, 3.63) is 114 Å². The highest BCUT2D eigenvalue weighted by Gasteiger charge is 2.22. The van der Waals surface area contributed by atoms with Crippen molar-refractivity contribution >= 4 is 34.0 Å². The van der Waals surface area contributed by atoms with Crippen LogP contribution < -0.4 is 5.32 Å². The fourth-order valence-corrected chi connectivity index (χ4v) is 4.64. The number of carboxylic acid groups (broad SMARTS) is 1. The molecule has 1 atom stereocenters. The number of nitrogens with zero attached hydrogens (tertiary/aromatic N) is 1. The summed E-state index contributed by atoms with van der Waals surface area (Å²) in [6.07, 6.45) is 0. The van der Waals surface area contributed by atoms with Gasteiger partial charge in [0, 0.05) is 22.1 Å². The van der Waals surface area contributed by atoms with Gasteiger partial charge in [-0.15, -0.1) is 11.3 Å². The van der Waals surface area contributed by atoms with Crippen LogP contribution in [0.5, 0.6) is 0 Å². The molecule has 0 fully saturated rings. The van der Waals surface area contributed by atoms with Gasteiger partial charge >= 0.3 is 5.97 Å². The average Bonchev–Trinajstić information content (AvgIpc) is 3.38. The Morgan fingerprint density at radius 2 is 1.50 bits per heavy atom. The molecule has 0 radical (unpaired) electrons. The maximum absolute atomic E-state index is 12.9. The number of thiazole rings is 1. The maximum atomic E-state index is 12.9. The molecule has 0 aliphatic carbocycles. The molecule has 0 bridgehead atoms. The largest absolute Gasteiger partial charge is 0.479 e. The molecule has 5 aromatic rings. The van der Waals surface area contributed by atoms with Crippen LogP contribution in [0.2, 0.25) is 0 Å². The fourth-order valence-electron chi connectivity index (χ4n) is 3.82. The van der Waals surface area contributed by atoms with Crippen molar-refractivity contribution in [2.75, 3.05) is 0 Å². The minimum atomic E-state index is -1.12. The highest BCUT2D eigenvalue weighted by Crippen LogP contribution is 2.31. The summed E-state index contributed by atoms with van der Waals surface area (Å²) in [4.78, 5) is 29.5. The lowest BCUT2D eigenvalue weighted by molar-refractivity contribution is -0.139. The molecule has 4 aromatic carbocycles. The zero-order valence-electron chi connectivity index (χ0n) is 18.0. The predicted octanol–water partition coefficient (Wildman–Crippen LogP) is 6.19. The number of nitrogens with one attached hydrogen (secondary N) is 1. The molecular formula is C28H20N2O3S. The predicted molar refractivity (Wildman–Crippen MR) is 135 cm³/mol. The molecule has 0 unspecified atom stereocenters. The van der Waals surface area contributed by atoms with Crippen LogP contribution in [0.15, 0.2) is 102 Å². The van der Waals surface area contributed by atoms with Gasteiger partial charge in [-0.2, -0.15) is 0 Å². The minimum Gasteiger partial charge on any atom is -0.479 e. The van der Waals surface area contributed by atoms with Crippen molar-refractivity contribution in [1.82, 2.24) is 10.3 Å². The minimum absolute atomic E-state index is 0.399. The number of hydrogen-bond donors (Lipinski definition) is 2. The number of carbonyl (C=O) groups is 2. The number of carbonyl (C=O) groups excluding carboxylic acids is 1. The van der Waals surface area contributed by atoms with Gasteiger partial charge < -0.3 is 10.4 Å². The molecule has 0 spiro atoms. The van der Waals surface area contributed by atoms with Crippen LogP contribution in [0.25, 0.3) is 32.6 Å². The van der Waals surface area contributed by atoms with E-state index < -0.39 is 17.9 Å². The lowest BCUT2D eigenvalue weighted by Gasteiger charge is -2.15. The first kappa shape index (κ1) is 21.6. The van der Waals surface area contributed by atoms with Crippen LogP contribution in [0.1, 0.15) is 22.0 Å². The zero-order chi connectivity index (χ0) is 23.5. The van der Waals surface area contributed by atoms with Crippen molar-refractivity contribution < 1.29 is 14.7 Å². The lowest BCUT2D eigenvalue weighted by atomic mass is 10.0. The van der Waals surface area contributed by atoms with Crippen molar-refractivity contribution in [3.8, 4) is 21.8 Å². The summed E-state index contributed by atoms with van der Waals surface area (Å²) in [6.45, 7) is 0. The molecule has 1 aromatic heterocycles. The van der Waals surface area contributed by atoms with Crippen LogP contribution in [0, 0.1) is 0 Å². The van der Waals surface area contributed by atoms with Crippen LogP contribution in [-0.4, -0.2) is 22.0 Å². The molecule has 2 N–H and O–H groups in total. The molecule has 5 rings (SSSR count). The van der Waals surface area contributed by atoms with Gasteiger partial charge in [-0.3, -0.25) is 4.79 Å². The molecule has 1 heterocycles. The van der Waals surface area contributed by atoms with Gasteiger partial charge in [-0.1, -0.05) is 78.9 Å². The second-order valence-corrected chi connectivity index (χ2v) is 8.69. The molecule has 34 heavy (non-hydrogen) atoms. The normalized spacial score (nSPS) is 11.8. The number of amides is 1. The maximum Gasteiger partial charge on any atom is 0.330 e. The van der Waals surface area contributed by atoms with E-state index >= 15 is 0 Å². The summed E-state index contributed by atoms with van der Waals surface area (Å²) in [6, 6.07) is 28.9. The first-order valence-corrected chi connectivity index (χ1v) is 11.6. The number of benzene rings is 4. The number of aromatic nitrogens is 1. The highest BCUT2D eigenvalue weighted by atomic mass is 32.1. The summed E-state index contributed by atoms with van der Waals surface area (Å²) in [5.74, 6) is -1.55. The molecule has 0 saturated carbocycles. The monoisotopic (exact) mass is 464 g/mol. The first-order chi connectivity index (χ1) is 16.6. The standard InChI is InChI=1S/C28H20N2O3S/c31-26(30-25(28(32)33)20-9-5-2-6-10-20)21-13-11-18-12-14-22(16-23(18)15-21)27-29-24(17-34-27)19-7-3-1-4-8-19/h1-17,25H,(H,30,31)(H,32,33)/t25-/m1/s1. The van der Waals surface area contributed by atoms with Gasteiger partial charge in [0.25, 0.3) is 5.91 Å². The first-order valence-electron chi connectivity index (χ1n) is 10.7. The quantitative estimate of drug-likeness (QED) is 0.314. The summed E-state index contributed by atoms with van der Waals surface area (Å²) >= 11 is 1.57. The molecule has 5 nitrogen and oxygen atoms in total. The van der Waals surface area contributed by atoms with Gasteiger partial charge in [0.1, 0.15) is 5.01 Å². The van der Waals surface area contributed by atoms with E-state index in [0.29, 0.717) is 11.1 Å². The Balaban J connectivity index is 1.42. The van der Waals surface area contributed by atoms with Crippen LogP contribution in [0.3, 0.4) is 0 Å². The van der Waals surface area contributed by atoms with Crippen LogP contribution in [-0.2, 0) is 4.79 Å². The van der Waals surface area contributed by atoms with E-state index in [1.807, 2.05) is 60.0 Å². The molecule has 1 amide bonds. The van der Waals surface area contributed by atoms with Gasteiger partial charge in [-0.25, -0.2) is 9.78 Å². The van der Waals surface area contributed by atoms with E-state index in [2.05, 4.69) is 5.32 Å². The van der Waals surface area contributed by atoms with Gasteiger partial charge in [0.2, 0.25) is 0 Å². The lowest BCUT2D eigenvalue weighted by Crippen LogP contribution is -2.33. The van der Waals surface area contributed by atoms with E-state index in [0.717, 1.165) is 32.6 Å². The molecule has 0 saturated heterocycles. The number of carboxylic acids is 1. The van der Waals surface area contributed by atoms with Gasteiger partial charge in [0.05, 0.1) is 5.69 Å². The van der Waals surface area contributed by atoms with Crippen molar-refractivity contribution in [3.63, 3.8) is 0 Å². The summed E-state index contributed by atoms with van der Waals surface area (Å²) in [5.41, 5.74) is 3.87. The summed E-state index contributed by atoms with van der Waals surface area (Å²) in [7, 11) is 0. The molecule has 6 heteroatoms. The average molecular weight is 465 g/mol. The Kier molecular flexibility index (Phi) is 5.89. The fraction of sp³-hybridized carbons (Fsp3) is 0.0357. The van der Waals surface area contributed by atoms with E-state index in [1.54, 1.807) is 53.8 Å². The number of rotatable bonds is 6.